The van der Waals surface area contributed by atoms with E-state index in [1.807, 2.05) is 0 Å². The van der Waals surface area contributed by atoms with Crippen molar-refractivity contribution in [2.45, 2.75) is 20.0 Å². The minimum atomic E-state index is -2.98. The molecule has 3 aromatic rings. The van der Waals surface area contributed by atoms with Crippen molar-refractivity contribution >= 4 is 17.6 Å². The predicted molar refractivity (Wildman–Crippen MR) is 97.9 cm³/mol. The number of nitrogens with zero attached hydrogens (tertiary/aromatic N) is 4. The Morgan fingerprint density at radius 2 is 1.93 bits per heavy atom. The molecule has 0 saturated carbocycles. The highest BCUT2D eigenvalue weighted by atomic mass is 35.5. The molecule has 0 N–H and O–H groups in total. The van der Waals surface area contributed by atoms with Gasteiger partial charge < -0.3 is 9.47 Å². The number of hydrogen-bond acceptors (Lipinski definition) is 5. The molecule has 10 heteroatoms. The van der Waals surface area contributed by atoms with Gasteiger partial charge in [0.05, 0.1) is 24.9 Å². The van der Waals surface area contributed by atoms with Gasteiger partial charge in [-0.3, -0.25) is 4.79 Å². The Morgan fingerprint density at radius 1 is 1.25 bits per heavy atom. The van der Waals surface area contributed by atoms with Crippen LogP contribution in [0.3, 0.4) is 0 Å². The van der Waals surface area contributed by atoms with Crippen molar-refractivity contribution in [2.24, 2.45) is 7.05 Å². The molecular formula is C18H17ClF2N4O3. The van der Waals surface area contributed by atoms with Crippen LogP contribution in [0.5, 0.6) is 5.88 Å². The number of methoxy groups -OCH3 is 1. The lowest BCUT2D eigenvalue weighted by Crippen LogP contribution is -2.07. The second-order valence-electron chi connectivity index (χ2n) is 5.93. The quantitative estimate of drug-likeness (QED) is 0.581. The SMILES string of the molecule is COC(=O)Cc1c(C)nn(-c2cc(OC(F)F)n(C)n2)c1-c1ccc(Cl)cc1. The first kappa shape index (κ1) is 19.8. The van der Waals surface area contributed by atoms with E-state index < -0.39 is 12.6 Å². The van der Waals surface area contributed by atoms with Gasteiger partial charge in [0.1, 0.15) is 0 Å². The average molecular weight is 411 g/mol. The zero-order valence-corrected chi connectivity index (χ0v) is 16.1. The summed E-state index contributed by atoms with van der Waals surface area (Å²) < 4.78 is 37.1. The van der Waals surface area contributed by atoms with E-state index in [4.69, 9.17) is 16.3 Å². The molecule has 1 aromatic carbocycles. The molecule has 148 valence electrons. The van der Waals surface area contributed by atoms with Crippen LogP contribution in [-0.4, -0.2) is 39.3 Å². The first-order chi connectivity index (χ1) is 13.3. The second kappa shape index (κ2) is 7.97. The molecule has 0 unspecified atom stereocenters. The summed E-state index contributed by atoms with van der Waals surface area (Å²) in [6.07, 6.45) is -0.00643. The maximum Gasteiger partial charge on any atom is 0.388 e. The fraction of sp³-hybridized carbons (Fsp3) is 0.278. The maximum absolute atomic E-state index is 12.6. The Hall–Kier alpha value is -2.94. The van der Waals surface area contributed by atoms with E-state index in [9.17, 15) is 13.6 Å². The van der Waals surface area contributed by atoms with Gasteiger partial charge in [0, 0.05) is 29.3 Å². The van der Waals surface area contributed by atoms with Crippen LogP contribution < -0.4 is 4.74 Å². The van der Waals surface area contributed by atoms with Crippen LogP contribution >= 0.6 is 11.6 Å². The Morgan fingerprint density at radius 3 is 2.54 bits per heavy atom. The third-order valence-electron chi connectivity index (χ3n) is 4.10. The molecule has 2 aromatic heterocycles. The van der Waals surface area contributed by atoms with Crippen LogP contribution in [0.4, 0.5) is 8.78 Å². The van der Waals surface area contributed by atoms with Crippen LogP contribution in [-0.2, 0) is 23.0 Å². The Kier molecular flexibility index (Phi) is 5.64. The molecule has 2 heterocycles. The maximum atomic E-state index is 12.6. The molecule has 3 rings (SSSR count). The number of aromatic nitrogens is 4. The average Bonchev–Trinajstić information content (AvgIpc) is 3.16. The first-order valence-corrected chi connectivity index (χ1v) is 8.58. The van der Waals surface area contributed by atoms with E-state index in [2.05, 4.69) is 14.9 Å². The lowest BCUT2D eigenvalue weighted by molar-refractivity contribution is -0.139. The van der Waals surface area contributed by atoms with E-state index in [1.165, 1.54) is 29.6 Å². The van der Waals surface area contributed by atoms with Gasteiger partial charge in [-0.25, -0.2) is 9.36 Å². The highest BCUT2D eigenvalue weighted by Gasteiger charge is 2.23. The molecule has 0 radical (unpaired) electrons. The highest BCUT2D eigenvalue weighted by molar-refractivity contribution is 6.30. The van der Waals surface area contributed by atoms with Crippen molar-refractivity contribution in [1.82, 2.24) is 19.6 Å². The minimum absolute atomic E-state index is 0.00643. The first-order valence-electron chi connectivity index (χ1n) is 8.20. The molecule has 0 saturated heterocycles. The Balaban J connectivity index is 2.17. The Labute approximate surface area is 164 Å². The molecule has 28 heavy (non-hydrogen) atoms. The van der Waals surface area contributed by atoms with Crippen molar-refractivity contribution < 1.29 is 23.0 Å². The van der Waals surface area contributed by atoms with E-state index in [0.29, 0.717) is 22.0 Å². The monoisotopic (exact) mass is 410 g/mol. The number of rotatable bonds is 6. The number of carbonyl (C=O) groups is 1. The predicted octanol–water partition coefficient (Wildman–Crippen LogP) is 3.55. The number of halogens is 3. The number of carbonyl (C=O) groups excluding carboxylic acids is 1. The summed E-state index contributed by atoms with van der Waals surface area (Å²) in [5, 5.41) is 9.21. The topological polar surface area (TPSA) is 71.2 Å². The summed E-state index contributed by atoms with van der Waals surface area (Å²) in [4.78, 5) is 11.9. The van der Waals surface area contributed by atoms with Crippen molar-refractivity contribution in [1.29, 1.82) is 0 Å². The van der Waals surface area contributed by atoms with Gasteiger partial charge in [0.15, 0.2) is 5.82 Å². The van der Waals surface area contributed by atoms with Crippen molar-refractivity contribution in [2.75, 3.05) is 7.11 Å². The number of ether oxygens (including phenoxy) is 2. The molecule has 0 aliphatic carbocycles. The standard InChI is InChI=1S/C18H17ClF2N4O3/c1-10-13(8-16(26)27-3)17(11-4-6-12(19)7-5-11)25(22-10)14-9-15(24(2)23-14)28-18(20)21/h4-7,9,18H,8H2,1-3H3. The largest absolute Gasteiger partial charge is 0.469 e. The highest BCUT2D eigenvalue weighted by Crippen LogP contribution is 2.31. The number of hydrogen-bond donors (Lipinski definition) is 0. The summed E-state index contributed by atoms with van der Waals surface area (Å²) in [6, 6.07) is 8.30. The van der Waals surface area contributed by atoms with Crippen molar-refractivity contribution in [3.63, 3.8) is 0 Å². The van der Waals surface area contributed by atoms with E-state index in [0.717, 1.165) is 5.56 Å². The third-order valence-corrected chi connectivity index (χ3v) is 4.35. The van der Waals surface area contributed by atoms with Gasteiger partial charge in [0.25, 0.3) is 0 Å². The van der Waals surface area contributed by atoms with Gasteiger partial charge in [-0.1, -0.05) is 23.7 Å². The number of benzene rings is 1. The molecule has 0 spiro atoms. The zero-order chi connectivity index (χ0) is 20.4. The number of alkyl halides is 2. The van der Waals surface area contributed by atoms with E-state index in [-0.39, 0.29) is 18.1 Å². The second-order valence-corrected chi connectivity index (χ2v) is 6.36. The van der Waals surface area contributed by atoms with Crippen LogP contribution in [0.2, 0.25) is 5.02 Å². The molecule has 0 bridgehead atoms. The van der Waals surface area contributed by atoms with Gasteiger partial charge in [-0.2, -0.15) is 13.9 Å². The third kappa shape index (κ3) is 3.99. The molecule has 0 aliphatic rings. The number of aryl methyl sites for hydroxylation is 2. The van der Waals surface area contributed by atoms with Crippen LogP contribution in [0.15, 0.2) is 30.3 Å². The summed E-state index contributed by atoms with van der Waals surface area (Å²) in [5.74, 6) is -0.280. The zero-order valence-electron chi connectivity index (χ0n) is 15.3. The summed E-state index contributed by atoms with van der Waals surface area (Å²) >= 11 is 5.98. The summed E-state index contributed by atoms with van der Waals surface area (Å²) in [7, 11) is 2.78. The lowest BCUT2D eigenvalue weighted by atomic mass is 10.0. The summed E-state index contributed by atoms with van der Waals surface area (Å²) in [5.41, 5.74) is 2.53. The van der Waals surface area contributed by atoms with Crippen molar-refractivity contribution in [3.05, 3.63) is 46.6 Å². The number of esters is 1. The van der Waals surface area contributed by atoms with E-state index >= 15 is 0 Å². The molecule has 0 atom stereocenters. The fourth-order valence-electron chi connectivity index (χ4n) is 2.80. The molecule has 0 amide bonds. The van der Waals surface area contributed by atoms with Gasteiger partial charge in [0.2, 0.25) is 5.88 Å². The molecule has 7 nitrogen and oxygen atoms in total. The molecule has 0 aliphatic heterocycles. The lowest BCUT2D eigenvalue weighted by Gasteiger charge is -2.08. The van der Waals surface area contributed by atoms with Crippen molar-refractivity contribution in [3.8, 4) is 23.0 Å². The van der Waals surface area contributed by atoms with Gasteiger partial charge in [-0.15, -0.1) is 5.10 Å². The summed E-state index contributed by atoms with van der Waals surface area (Å²) in [6.45, 7) is -1.23. The smallest absolute Gasteiger partial charge is 0.388 e. The van der Waals surface area contributed by atoms with Crippen LogP contribution in [0, 0.1) is 6.92 Å². The van der Waals surface area contributed by atoms with Gasteiger partial charge in [-0.05, 0) is 19.1 Å². The molecular weight excluding hydrogens is 394 g/mol. The van der Waals surface area contributed by atoms with E-state index in [1.54, 1.807) is 31.2 Å². The Bertz CT molecular complexity index is 999. The molecule has 0 fully saturated rings. The minimum Gasteiger partial charge on any atom is -0.469 e. The van der Waals surface area contributed by atoms with Gasteiger partial charge >= 0.3 is 12.6 Å². The fourth-order valence-corrected chi connectivity index (χ4v) is 2.92. The van der Waals surface area contributed by atoms with Crippen LogP contribution in [0.25, 0.3) is 17.1 Å². The van der Waals surface area contributed by atoms with Crippen LogP contribution in [0.1, 0.15) is 11.3 Å². The normalized spacial score (nSPS) is 11.1.